The standard InChI is InChI=1S/C26H33NO10/c1-6-27(4)18-11-14-7-8-16(34-5)21-20(14)25(3)22(37-21)17(9-10-26(18,25)33)36-23(31)13(2)35-24(32)15(28)12-19(29)30/h7-9,13,15,18,22,28,33H,6,10-12H2,1-5H3,(H,29,30)/t13-,15-,18+,22-,25-,26+/m0/s1. The molecule has 2 aliphatic carbocycles. The van der Waals surface area contributed by atoms with Crippen molar-refractivity contribution in [1.82, 2.24) is 4.90 Å². The predicted molar refractivity (Wildman–Crippen MR) is 128 cm³/mol. The molecule has 4 rings (SSSR count). The molecule has 11 nitrogen and oxygen atoms in total. The maximum Gasteiger partial charge on any atom is 0.352 e. The molecule has 0 amide bonds. The van der Waals surface area contributed by atoms with Gasteiger partial charge in [-0.2, -0.15) is 0 Å². The molecule has 0 aromatic heterocycles. The van der Waals surface area contributed by atoms with Crippen LogP contribution in [0.25, 0.3) is 0 Å². The van der Waals surface area contributed by atoms with Gasteiger partial charge in [-0.1, -0.05) is 13.0 Å². The first kappa shape index (κ1) is 26.9. The molecule has 202 valence electrons. The average Bonchev–Trinajstić information content (AvgIpc) is 3.18. The normalized spacial score (nSPS) is 28.9. The Balaban J connectivity index is 1.65. The van der Waals surface area contributed by atoms with Crippen molar-refractivity contribution < 1.29 is 48.7 Å². The molecule has 0 bridgehead atoms. The first-order chi connectivity index (χ1) is 17.4. The first-order valence-electron chi connectivity index (χ1n) is 12.2. The number of aliphatic hydroxyl groups excluding tert-OH is 1. The smallest absolute Gasteiger partial charge is 0.352 e. The molecule has 11 heteroatoms. The second-order valence-electron chi connectivity index (χ2n) is 9.97. The van der Waals surface area contributed by atoms with E-state index in [1.165, 1.54) is 14.0 Å². The lowest BCUT2D eigenvalue weighted by atomic mass is 9.54. The number of methoxy groups -OCH3 is 1. The lowest BCUT2D eigenvalue weighted by Gasteiger charge is -2.56. The summed E-state index contributed by atoms with van der Waals surface area (Å²) >= 11 is 0. The summed E-state index contributed by atoms with van der Waals surface area (Å²) in [5.74, 6) is -2.42. The molecule has 0 fully saturated rings. The van der Waals surface area contributed by atoms with Crippen LogP contribution in [0, 0.1) is 0 Å². The highest BCUT2D eigenvalue weighted by molar-refractivity contribution is 5.84. The molecule has 0 unspecified atom stereocenters. The van der Waals surface area contributed by atoms with Gasteiger partial charge in [-0.15, -0.1) is 0 Å². The lowest BCUT2D eigenvalue weighted by Crippen LogP contribution is -2.69. The fraction of sp³-hybridized carbons (Fsp3) is 0.577. The van der Waals surface area contributed by atoms with Crippen molar-refractivity contribution in [2.75, 3.05) is 20.7 Å². The van der Waals surface area contributed by atoms with Crippen LogP contribution in [0.5, 0.6) is 11.5 Å². The summed E-state index contributed by atoms with van der Waals surface area (Å²) in [5, 5.41) is 30.6. The van der Waals surface area contributed by atoms with Crippen molar-refractivity contribution in [1.29, 1.82) is 0 Å². The van der Waals surface area contributed by atoms with Gasteiger partial charge in [-0.05, 0) is 51.6 Å². The topological polar surface area (TPSA) is 152 Å². The monoisotopic (exact) mass is 519 g/mol. The first-order valence-corrected chi connectivity index (χ1v) is 12.2. The van der Waals surface area contributed by atoms with Crippen LogP contribution in [-0.4, -0.2) is 88.8 Å². The molecule has 1 heterocycles. The van der Waals surface area contributed by atoms with Gasteiger partial charge in [-0.25, -0.2) is 9.59 Å². The van der Waals surface area contributed by atoms with Gasteiger partial charge in [0.05, 0.1) is 24.5 Å². The van der Waals surface area contributed by atoms with Gasteiger partial charge in [0.1, 0.15) is 5.76 Å². The molecule has 1 aromatic carbocycles. The molecular formula is C26H33NO10. The van der Waals surface area contributed by atoms with Crippen LogP contribution in [0.4, 0.5) is 0 Å². The summed E-state index contributed by atoms with van der Waals surface area (Å²) in [4.78, 5) is 37.6. The third-order valence-corrected chi connectivity index (χ3v) is 7.96. The number of ether oxygens (including phenoxy) is 4. The van der Waals surface area contributed by atoms with Gasteiger partial charge < -0.3 is 39.2 Å². The minimum atomic E-state index is -1.91. The van der Waals surface area contributed by atoms with Gasteiger partial charge in [-0.3, -0.25) is 4.79 Å². The molecule has 1 aromatic rings. The van der Waals surface area contributed by atoms with E-state index in [0.717, 1.165) is 17.7 Å². The zero-order chi connectivity index (χ0) is 27.3. The van der Waals surface area contributed by atoms with Gasteiger partial charge in [0.2, 0.25) is 0 Å². The Kier molecular flexibility index (Phi) is 7.00. The van der Waals surface area contributed by atoms with Crippen LogP contribution < -0.4 is 9.47 Å². The van der Waals surface area contributed by atoms with E-state index < -0.39 is 53.7 Å². The molecule has 0 saturated carbocycles. The minimum absolute atomic E-state index is 0.162. The highest BCUT2D eigenvalue weighted by Gasteiger charge is 2.68. The Morgan fingerprint density at radius 2 is 1.97 bits per heavy atom. The molecule has 0 radical (unpaired) electrons. The van der Waals surface area contributed by atoms with Crippen molar-refractivity contribution in [2.45, 2.75) is 75.4 Å². The van der Waals surface area contributed by atoms with E-state index in [-0.39, 0.29) is 18.2 Å². The van der Waals surface area contributed by atoms with E-state index in [9.17, 15) is 24.6 Å². The molecular weight excluding hydrogens is 486 g/mol. The summed E-state index contributed by atoms with van der Waals surface area (Å²) in [5.41, 5.74) is -0.404. The van der Waals surface area contributed by atoms with E-state index in [4.69, 9.17) is 24.1 Å². The molecule has 0 spiro atoms. The third kappa shape index (κ3) is 4.14. The second-order valence-corrected chi connectivity index (χ2v) is 9.97. The third-order valence-electron chi connectivity index (χ3n) is 7.96. The highest BCUT2D eigenvalue weighted by Crippen LogP contribution is 2.62. The van der Waals surface area contributed by atoms with Gasteiger partial charge in [0, 0.05) is 18.0 Å². The quantitative estimate of drug-likeness (QED) is 0.399. The zero-order valence-electron chi connectivity index (χ0n) is 21.5. The summed E-state index contributed by atoms with van der Waals surface area (Å²) in [6, 6.07) is 3.56. The van der Waals surface area contributed by atoms with Crippen LogP contribution in [0.2, 0.25) is 0 Å². The zero-order valence-corrected chi connectivity index (χ0v) is 21.5. The average molecular weight is 520 g/mol. The summed E-state index contributed by atoms with van der Waals surface area (Å²) in [6.07, 6.45) is -2.65. The second kappa shape index (κ2) is 9.62. The number of nitrogens with zero attached hydrogens (tertiary/aromatic N) is 1. The van der Waals surface area contributed by atoms with E-state index in [2.05, 4.69) is 4.90 Å². The molecule has 6 atom stereocenters. The number of carbonyl (C=O) groups is 3. The largest absolute Gasteiger partial charge is 0.493 e. The fourth-order valence-corrected chi connectivity index (χ4v) is 5.79. The van der Waals surface area contributed by atoms with Gasteiger partial charge >= 0.3 is 17.9 Å². The number of aliphatic hydroxyl groups is 2. The van der Waals surface area contributed by atoms with E-state index >= 15 is 0 Å². The van der Waals surface area contributed by atoms with Crippen LogP contribution in [0.1, 0.15) is 44.7 Å². The molecule has 1 aliphatic heterocycles. The number of aliphatic carboxylic acids is 1. The summed E-state index contributed by atoms with van der Waals surface area (Å²) in [7, 11) is 3.49. The lowest BCUT2D eigenvalue weighted by molar-refractivity contribution is -0.173. The Bertz CT molecular complexity index is 1150. The van der Waals surface area contributed by atoms with Crippen molar-refractivity contribution in [3.8, 4) is 11.5 Å². The molecule has 37 heavy (non-hydrogen) atoms. The Labute approximate surface area is 214 Å². The Morgan fingerprint density at radius 1 is 1.27 bits per heavy atom. The van der Waals surface area contributed by atoms with Crippen molar-refractivity contribution in [3.05, 3.63) is 35.1 Å². The van der Waals surface area contributed by atoms with Crippen molar-refractivity contribution in [2.24, 2.45) is 0 Å². The molecule has 0 saturated heterocycles. The Hall–Kier alpha value is -3.15. The van der Waals surface area contributed by atoms with Gasteiger partial charge in [0.25, 0.3) is 0 Å². The molecule has 3 aliphatic rings. The van der Waals surface area contributed by atoms with Crippen LogP contribution in [0.3, 0.4) is 0 Å². The number of carboxylic acids is 1. The SMILES string of the molecule is CCN(C)[C@@H]1Cc2ccc(OC)c3c2[C@@]2(C)[C@@H](O3)C(OC(=O)[C@H](C)OC(=O)[C@@H](O)CC(=O)O)=CC[C@@]12O. The number of rotatable bonds is 9. The highest BCUT2D eigenvalue weighted by atomic mass is 16.6. The number of likely N-dealkylation sites (N-methyl/N-ethyl adjacent to an activating group) is 1. The van der Waals surface area contributed by atoms with Crippen LogP contribution in [0.15, 0.2) is 24.0 Å². The number of esters is 2. The fourth-order valence-electron chi connectivity index (χ4n) is 5.79. The summed E-state index contributed by atoms with van der Waals surface area (Å²) < 4.78 is 22.4. The predicted octanol–water partition coefficient (Wildman–Crippen LogP) is 0.920. The molecule has 3 N–H and O–H groups in total. The minimum Gasteiger partial charge on any atom is -0.493 e. The van der Waals surface area contributed by atoms with Crippen LogP contribution in [-0.2, 0) is 35.7 Å². The van der Waals surface area contributed by atoms with Crippen molar-refractivity contribution >= 4 is 17.9 Å². The van der Waals surface area contributed by atoms with E-state index in [1.807, 2.05) is 33.0 Å². The van der Waals surface area contributed by atoms with E-state index in [1.54, 1.807) is 6.08 Å². The number of carbonyl (C=O) groups excluding carboxylic acids is 2. The van der Waals surface area contributed by atoms with Gasteiger partial charge in [0.15, 0.2) is 29.8 Å². The Morgan fingerprint density at radius 3 is 2.59 bits per heavy atom. The summed E-state index contributed by atoms with van der Waals surface area (Å²) in [6.45, 7) is 5.89. The van der Waals surface area contributed by atoms with Crippen LogP contribution >= 0.6 is 0 Å². The van der Waals surface area contributed by atoms with Crippen molar-refractivity contribution in [3.63, 3.8) is 0 Å². The number of carboxylic acid groups (broad SMARTS) is 1. The number of benzene rings is 1. The number of hydrogen-bond donors (Lipinski definition) is 3. The number of hydrogen-bond acceptors (Lipinski definition) is 10. The maximum atomic E-state index is 12.9. The maximum absolute atomic E-state index is 12.9. The van der Waals surface area contributed by atoms with E-state index in [0.29, 0.717) is 17.9 Å².